The molecule has 4 heteroatoms. The zero-order valence-corrected chi connectivity index (χ0v) is 11.6. The zero-order chi connectivity index (χ0) is 13.1. The van der Waals surface area contributed by atoms with Crippen molar-refractivity contribution in [1.82, 2.24) is 4.98 Å². The van der Waals surface area contributed by atoms with E-state index in [4.69, 9.17) is 21.8 Å². The molecule has 18 heavy (non-hydrogen) atoms. The highest BCUT2D eigenvalue weighted by Gasteiger charge is 2.14. The lowest BCUT2D eigenvalue weighted by atomic mass is 10.0. The molecule has 0 fully saturated rings. The Morgan fingerprint density at radius 3 is 2.78 bits per heavy atom. The molecule has 1 aromatic carbocycles. The van der Waals surface area contributed by atoms with Gasteiger partial charge in [-0.25, -0.2) is 4.98 Å². The average Bonchev–Trinajstić information content (AvgIpc) is 2.74. The van der Waals surface area contributed by atoms with E-state index in [0.29, 0.717) is 16.5 Å². The maximum atomic E-state index is 6.07. The third-order valence-electron chi connectivity index (χ3n) is 3.10. The highest BCUT2D eigenvalue weighted by molar-refractivity contribution is 6.34. The van der Waals surface area contributed by atoms with Gasteiger partial charge in [0.1, 0.15) is 5.52 Å². The van der Waals surface area contributed by atoms with E-state index < -0.39 is 0 Å². The van der Waals surface area contributed by atoms with Gasteiger partial charge < -0.3 is 10.2 Å². The van der Waals surface area contributed by atoms with Gasteiger partial charge in [0.05, 0.1) is 5.02 Å². The third-order valence-corrected chi connectivity index (χ3v) is 3.40. The number of nitrogens with two attached hydrogens (primary N) is 1. The summed E-state index contributed by atoms with van der Waals surface area (Å²) < 4.78 is 5.74. The lowest BCUT2D eigenvalue weighted by molar-refractivity contribution is 0.452. The monoisotopic (exact) mass is 266 g/mol. The van der Waals surface area contributed by atoms with Crippen LogP contribution in [0.5, 0.6) is 0 Å². The van der Waals surface area contributed by atoms with Gasteiger partial charge in [-0.1, -0.05) is 31.0 Å². The van der Waals surface area contributed by atoms with Gasteiger partial charge in [0, 0.05) is 12.0 Å². The van der Waals surface area contributed by atoms with Crippen molar-refractivity contribution in [3.05, 3.63) is 29.1 Å². The van der Waals surface area contributed by atoms with Crippen molar-refractivity contribution >= 4 is 22.7 Å². The van der Waals surface area contributed by atoms with Crippen LogP contribution in [0.1, 0.15) is 44.9 Å². The normalized spacial score (nSPS) is 14.9. The van der Waals surface area contributed by atoms with E-state index in [1.165, 1.54) is 0 Å². The molecule has 1 heterocycles. The number of nitrogens with zero attached hydrogens (tertiary/aromatic N) is 1. The second-order valence-electron chi connectivity index (χ2n) is 4.95. The third kappa shape index (κ3) is 3.03. The molecule has 0 amide bonds. The highest BCUT2D eigenvalue weighted by Crippen LogP contribution is 2.29. The summed E-state index contributed by atoms with van der Waals surface area (Å²) in [4.78, 5) is 4.49. The lowest BCUT2D eigenvalue weighted by Crippen LogP contribution is -2.14. The first-order chi connectivity index (χ1) is 8.58. The quantitative estimate of drug-likeness (QED) is 0.886. The fourth-order valence-electron chi connectivity index (χ4n) is 2.01. The Kier molecular flexibility index (Phi) is 4.25. The molecule has 0 aliphatic carbocycles. The van der Waals surface area contributed by atoms with Crippen LogP contribution in [-0.2, 0) is 0 Å². The van der Waals surface area contributed by atoms with Gasteiger partial charge in [-0.15, -0.1) is 0 Å². The summed E-state index contributed by atoms with van der Waals surface area (Å²) in [7, 11) is 0. The van der Waals surface area contributed by atoms with Crippen molar-refractivity contribution in [2.24, 2.45) is 5.73 Å². The van der Waals surface area contributed by atoms with Gasteiger partial charge in [-0.2, -0.15) is 0 Å². The first-order valence-corrected chi connectivity index (χ1v) is 6.76. The number of hydrogen-bond acceptors (Lipinski definition) is 3. The first kappa shape index (κ1) is 13.4. The smallest absolute Gasteiger partial charge is 0.198 e. The number of para-hydroxylation sites is 1. The molecule has 0 saturated heterocycles. The summed E-state index contributed by atoms with van der Waals surface area (Å²) in [6.45, 7) is 4.16. The number of benzene rings is 1. The Labute approximate surface area is 112 Å². The standard InChI is InChI=1S/C14H19ClN2O/c1-9(5-3-6-10(2)16)14-17-12-8-4-7-11(15)13(12)18-14/h4,7-10H,3,5-6,16H2,1-2H3. The molecule has 2 aromatic rings. The van der Waals surface area contributed by atoms with E-state index in [2.05, 4.69) is 11.9 Å². The summed E-state index contributed by atoms with van der Waals surface area (Å²) in [5, 5.41) is 0.619. The van der Waals surface area contributed by atoms with Crippen LogP contribution < -0.4 is 5.73 Å². The lowest BCUT2D eigenvalue weighted by Gasteiger charge is -2.08. The van der Waals surface area contributed by atoms with E-state index >= 15 is 0 Å². The average molecular weight is 267 g/mol. The predicted molar refractivity (Wildman–Crippen MR) is 74.9 cm³/mol. The van der Waals surface area contributed by atoms with Crippen molar-refractivity contribution in [2.45, 2.75) is 45.1 Å². The van der Waals surface area contributed by atoms with E-state index in [9.17, 15) is 0 Å². The van der Waals surface area contributed by atoms with Crippen molar-refractivity contribution in [3.8, 4) is 0 Å². The van der Waals surface area contributed by atoms with Crippen molar-refractivity contribution in [3.63, 3.8) is 0 Å². The van der Waals surface area contributed by atoms with Crippen LogP contribution in [0.4, 0.5) is 0 Å². The SMILES string of the molecule is CC(N)CCCC(C)c1nc2cccc(Cl)c2o1. The number of halogens is 1. The molecular formula is C14H19ClN2O. The molecule has 1 aromatic heterocycles. The van der Waals surface area contributed by atoms with E-state index in [0.717, 1.165) is 30.7 Å². The molecular weight excluding hydrogens is 248 g/mol. The highest BCUT2D eigenvalue weighted by atomic mass is 35.5. The van der Waals surface area contributed by atoms with Crippen molar-refractivity contribution in [2.75, 3.05) is 0 Å². The maximum Gasteiger partial charge on any atom is 0.198 e. The van der Waals surface area contributed by atoms with Gasteiger partial charge in [-0.3, -0.25) is 0 Å². The Morgan fingerprint density at radius 1 is 1.33 bits per heavy atom. The van der Waals surface area contributed by atoms with Crippen LogP contribution in [0.3, 0.4) is 0 Å². The molecule has 2 atom stereocenters. The minimum Gasteiger partial charge on any atom is -0.439 e. The molecule has 0 aliphatic heterocycles. The van der Waals surface area contributed by atoms with Crippen molar-refractivity contribution in [1.29, 1.82) is 0 Å². The summed E-state index contributed by atoms with van der Waals surface area (Å²) in [6, 6.07) is 5.88. The summed E-state index contributed by atoms with van der Waals surface area (Å²) in [6.07, 6.45) is 3.16. The molecule has 0 radical (unpaired) electrons. The number of oxazole rings is 1. The summed E-state index contributed by atoms with van der Waals surface area (Å²) in [5.74, 6) is 1.06. The van der Waals surface area contributed by atoms with Gasteiger partial charge in [-0.05, 0) is 31.9 Å². The van der Waals surface area contributed by atoms with Gasteiger partial charge >= 0.3 is 0 Å². The number of aromatic nitrogens is 1. The summed E-state index contributed by atoms with van der Waals surface area (Å²) >= 11 is 6.07. The van der Waals surface area contributed by atoms with Crippen LogP contribution in [0.25, 0.3) is 11.1 Å². The molecule has 98 valence electrons. The minimum atomic E-state index is 0.260. The van der Waals surface area contributed by atoms with Crippen LogP contribution in [0.2, 0.25) is 5.02 Å². The first-order valence-electron chi connectivity index (χ1n) is 6.38. The van der Waals surface area contributed by atoms with Gasteiger partial charge in [0.15, 0.2) is 11.5 Å². The molecule has 3 nitrogen and oxygen atoms in total. The molecule has 0 bridgehead atoms. The zero-order valence-electron chi connectivity index (χ0n) is 10.8. The fraction of sp³-hybridized carbons (Fsp3) is 0.500. The largest absolute Gasteiger partial charge is 0.439 e. The van der Waals surface area contributed by atoms with Crippen molar-refractivity contribution < 1.29 is 4.42 Å². The van der Waals surface area contributed by atoms with Crippen LogP contribution >= 0.6 is 11.6 Å². The van der Waals surface area contributed by atoms with Gasteiger partial charge in [0.2, 0.25) is 0 Å². The Bertz CT molecular complexity index is 521. The second kappa shape index (κ2) is 5.72. The number of fused-ring (bicyclic) bond motifs is 1. The molecule has 2 unspecified atom stereocenters. The van der Waals surface area contributed by atoms with E-state index in [1.807, 2.05) is 25.1 Å². The molecule has 2 N–H and O–H groups in total. The summed E-state index contributed by atoms with van der Waals surface area (Å²) in [5.41, 5.74) is 7.26. The Hall–Kier alpha value is -1.06. The molecule has 2 rings (SSSR count). The van der Waals surface area contributed by atoms with Crippen LogP contribution in [0, 0.1) is 0 Å². The molecule has 0 aliphatic rings. The predicted octanol–water partition coefficient (Wildman–Crippen LogP) is 4.10. The number of hydrogen-bond donors (Lipinski definition) is 1. The second-order valence-corrected chi connectivity index (χ2v) is 5.36. The molecule has 0 saturated carbocycles. The van der Waals surface area contributed by atoms with Crippen LogP contribution in [-0.4, -0.2) is 11.0 Å². The fourth-order valence-corrected chi connectivity index (χ4v) is 2.22. The van der Waals surface area contributed by atoms with Gasteiger partial charge in [0.25, 0.3) is 0 Å². The van der Waals surface area contributed by atoms with E-state index in [1.54, 1.807) is 0 Å². The van der Waals surface area contributed by atoms with Crippen LogP contribution in [0.15, 0.2) is 22.6 Å². The number of rotatable bonds is 5. The van der Waals surface area contributed by atoms with E-state index in [-0.39, 0.29) is 6.04 Å². The Balaban J connectivity index is 2.08. The Morgan fingerprint density at radius 2 is 2.11 bits per heavy atom. The topological polar surface area (TPSA) is 52.0 Å². The minimum absolute atomic E-state index is 0.260. The maximum absolute atomic E-state index is 6.07. The molecule has 0 spiro atoms.